The summed E-state index contributed by atoms with van der Waals surface area (Å²) in [4.78, 5) is 11.5. The molecule has 3 fully saturated rings. The zero-order valence-electron chi connectivity index (χ0n) is 8.25. The molecule has 3 rings (SSSR count). The van der Waals surface area contributed by atoms with Gasteiger partial charge in [0.15, 0.2) is 0 Å². The first kappa shape index (κ1) is 11.8. The number of ether oxygens (including phenoxy) is 2. The third kappa shape index (κ3) is 1.42. The van der Waals surface area contributed by atoms with Crippen molar-refractivity contribution in [3.8, 4) is 0 Å². The smallest absolute Gasteiger partial charge is 0.314 e. The van der Waals surface area contributed by atoms with E-state index in [4.69, 9.17) is 15.2 Å². The van der Waals surface area contributed by atoms with Crippen LogP contribution >= 0.6 is 12.4 Å². The van der Waals surface area contributed by atoms with Crippen molar-refractivity contribution in [3.63, 3.8) is 0 Å². The third-order valence-electron chi connectivity index (χ3n) is 3.06. The largest absolute Gasteiger partial charge is 0.465 e. The molecule has 1 aliphatic carbocycles. The Balaban J connectivity index is 0.000000980. The second-order valence-electron chi connectivity index (χ2n) is 4.03. The lowest BCUT2D eigenvalue weighted by atomic mass is 9.62. The number of halogens is 1. The van der Waals surface area contributed by atoms with Crippen LogP contribution in [0.25, 0.3) is 0 Å². The fourth-order valence-corrected chi connectivity index (χ4v) is 2.37. The van der Waals surface area contributed by atoms with Crippen LogP contribution in [0.5, 0.6) is 0 Å². The second-order valence-corrected chi connectivity index (χ2v) is 4.03. The molecule has 4 nitrogen and oxygen atoms in total. The molecule has 1 saturated carbocycles. The Morgan fingerprint density at radius 1 is 1.57 bits per heavy atom. The molecule has 2 saturated heterocycles. The Bertz CT molecular complexity index is 238. The summed E-state index contributed by atoms with van der Waals surface area (Å²) < 4.78 is 10.5. The molecule has 0 unspecified atom stereocenters. The molecular weight excluding hydrogens is 206 g/mol. The molecule has 3 aliphatic rings. The summed E-state index contributed by atoms with van der Waals surface area (Å²) in [5.74, 6) is -0.114. The standard InChI is InChI=1S/C9H15NO3.ClH/c1-2-12-7(11)8-3-9(4-8,5-10)13-6-8;/h2-6,10H2,1H3;1H. The summed E-state index contributed by atoms with van der Waals surface area (Å²) in [6.07, 6.45) is 1.49. The van der Waals surface area contributed by atoms with Crippen molar-refractivity contribution in [2.24, 2.45) is 11.1 Å². The Morgan fingerprint density at radius 2 is 2.21 bits per heavy atom. The van der Waals surface area contributed by atoms with Gasteiger partial charge in [-0.15, -0.1) is 12.4 Å². The van der Waals surface area contributed by atoms with Gasteiger partial charge in [0.2, 0.25) is 0 Å². The molecule has 14 heavy (non-hydrogen) atoms. The minimum atomic E-state index is -0.352. The maximum atomic E-state index is 11.5. The van der Waals surface area contributed by atoms with Crippen molar-refractivity contribution < 1.29 is 14.3 Å². The van der Waals surface area contributed by atoms with Crippen molar-refractivity contribution >= 4 is 18.4 Å². The molecule has 82 valence electrons. The molecule has 0 aromatic heterocycles. The lowest BCUT2D eigenvalue weighted by molar-refractivity contribution is -0.160. The lowest BCUT2D eigenvalue weighted by Gasteiger charge is -2.41. The molecule has 0 amide bonds. The van der Waals surface area contributed by atoms with E-state index in [9.17, 15) is 4.79 Å². The number of hydrogen-bond acceptors (Lipinski definition) is 4. The molecular formula is C9H16ClNO3. The van der Waals surface area contributed by atoms with E-state index in [1.165, 1.54) is 0 Å². The monoisotopic (exact) mass is 221 g/mol. The van der Waals surface area contributed by atoms with Crippen LogP contribution in [-0.2, 0) is 14.3 Å². The van der Waals surface area contributed by atoms with Crippen LogP contribution in [0.1, 0.15) is 19.8 Å². The number of rotatable bonds is 3. The number of fused-ring (bicyclic) bond motifs is 1. The minimum absolute atomic E-state index is 0. The van der Waals surface area contributed by atoms with Gasteiger partial charge in [0.25, 0.3) is 0 Å². The van der Waals surface area contributed by atoms with E-state index in [1.807, 2.05) is 6.92 Å². The molecule has 2 bridgehead atoms. The quantitative estimate of drug-likeness (QED) is 0.705. The summed E-state index contributed by atoms with van der Waals surface area (Å²) in [5, 5.41) is 0. The molecule has 2 N–H and O–H groups in total. The number of carbonyl (C=O) groups is 1. The van der Waals surface area contributed by atoms with Gasteiger partial charge in [-0.2, -0.15) is 0 Å². The van der Waals surface area contributed by atoms with E-state index < -0.39 is 0 Å². The van der Waals surface area contributed by atoms with E-state index >= 15 is 0 Å². The van der Waals surface area contributed by atoms with Gasteiger partial charge in [-0.1, -0.05) is 0 Å². The molecule has 0 aromatic carbocycles. The predicted molar refractivity (Wildman–Crippen MR) is 53.3 cm³/mol. The highest BCUT2D eigenvalue weighted by Gasteiger charge is 2.66. The van der Waals surface area contributed by atoms with Gasteiger partial charge in [-0.3, -0.25) is 4.79 Å². The van der Waals surface area contributed by atoms with Crippen LogP contribution in [0.2, 0.25) is 0 Å². The molecule has 2 heterocycles. The number of hydrogen-bond donors (Lipinski definition) is 1. The highest BCUT2D eigenvalue weighted by atomic mass is 35.5. The van der Waals surface area contributed by atoms with Gasteiger partial charge in [0, 0.05) is 6.54 Å². The van der Waals surface area contributed by atoms with Gasteiger partial charge < -0.3 is 15.2 Å². The van der Waals surface area contributed by atoms with Crippen molar-refractivity contribution in [1.29, 1.82) is 0 Å². The SMILES string of the molecule is CCOC(=O)C12COC(CN)(C1)C2.Cl. The summed E-state index contributed by atoms with van der Waals surface area (Å²) in [5.41, 5.74) is 5.01. The second kappa shape index (κ2) is 3.68. The van der Waals surface area contributed by atoms with Crippen LogP contribution in [-0.4, -0.2) is 31.3 Å². The normalized spacial score (nSPS) is 38.4. The van der Waals surface area contributed by atoms with Crippen molar-refractivity contribution in [2.45, 2.75) is 25.4 Å². The highest BCUT2D eigenvalue weighted by Crippen LogP contribution is 2.57. The Kier molecular flexibility index (Phi) is 3.09. The summed E-state index contributed by atoms with van der Waals surface area (Å²) in [6.45, 7) is 3.26. The van der Waals surface area contributed by atoms with Crippen LogP contribution in [0.3, 0.4) is 0 Å². The number of nitrogens with two attached hydrogens (primary N) is 1. The molecule has 0 aromatic rings. The summed E-state index contributed by atoms with van der Waals surface area (Å²) >= 11 is 0. The summed E-state index contributed by atoms with van der Waals surface area (Å²) in [7, 11) is 0. The van der Waals surface area contributed by atoms with E-state index in [0.717, 1.165) is 12.8 Å². The van der Waals surface area contributed by atoms with E-state index in [-0.39, 0.29) is 29.4 Å². The first-order valence-corrected chi connectivity index (χ1v) is 4.68. The maximum Gasteiger partial charge on any atom is 0.314 e. The lowest BCUT2D eigenvalue weighted by Crippen LogP contribution is -2.53. The topological polar surface area (TPSA) is 61.5 Å². The first-order chi connectivity index (χ1) is 6.16. The highest BCUT2D eigenvalue weighted by molar-refractivity contribution is 5.85. The van der Waals surface area contributed by atoms with Crippen molar-refractivity contribution in [1.82, 2.24) is 0 Å². The first-order valence-electron chi connectivity index (χ1n) is 4.68. The van der Waals surface area contributed by atoms with Gasteiger partial charge >= 0.3 is 5.97 Å². The number of carbonyl (C=O) groups excluding carboxylic acids is 1. The average molecular weight is 222 g/mol. The van der Waals surface area contributed by atoms with Crippen LogP contribution in [0, 0.1) is 5.41 Å². The van der Waals surface area contributed by atoms with E-state index in [1.54, 1.807) is 0 Å². The fourth-order valence-electron chi connectivity index (χ4n) is 2.37. The van der Waals surface area contributed by atoms with Gasteiger partial charge in [0.1, 0.15) is 0 Å². The van der Waals surface area contributed by atoms with E-state index in [2.05, 4.69) is 0 Å². The van der Waals surface area contributed by atoms with Gasteiger partial charge in [-0.25, -0.2) is 0 Å². The van der Waals surface area contributed by atoms with Gasteiger partial charge in [-0.05, 0) is 19.8 Å². The fraction of sp³-hybridized carbons (Fsp3) is 0.889. The maximum absolute atomic E-state index is 11.5. The van der Waals surface area contributed by atoms with Crippen LogP contribution in [0.4, 0.5) is 0 Å². The molecule has 0 radical (unpaired) electrons. The zero-order valence-corrected chi connectivity index (χ0v) is 9.06. The Labute approximate surface area is 89.5 Å². The summed E-state index contributed by atoms with van der Waals surface area (Å²) in [6, 6.07) is 0. The Morgan fingerprint density at radius 3 is 2.64 bits per heavy atom. The third-order valence-corrected chi connectivity index (χ3v) is 3.06. The molecule has 5 heteroatoms. The van der Waals surface area contributed by atoms with Crippen LogP contribution in [0.15, 0.2) is 0 Å². The molecule has 2 aliphatic heterocycles. The van der Waals surface area contributed by atoms with Crippen molar-refractivity contribution in [3.05, 3.63) is 0 Å². The predicted octanol–water partition coefficient (Wildman–Crippen LogP) is 0.479. The van der Waals surface area contributed by atoms with Gasteiger partial charge in [0.05, 0.1) is 24.2 Å². The zero-order chi connectivity index (χ0) is 9.53. The Hall–Kier alpha value is -0.320. The minimum Gasteiger partial charge on any atom is -0.465 e. The van der Waals surface area contributed by atoms with E-state index in [0.29, 0.717) is 19.8 Å². The average Bonchev–Trinajstić information content (AvgIpc) is 2.59. The van der Waals surface area contributed by atoms with Crippen LogP contribution < -0.4 is 5.73 Å². The van der Waals surface area contributed by atoms with Crippen molar-refractivity contribution in [2.75, 3.05) is 19.8 Å². The number of esters is 1. The molecule has 0 atom stereocenters. The molecule has 0 spiro atoms.